The normalized spacial score (nSPS) is 14.1. The molecule has 0 saturated heterocycles. The van der Waals surface area contributed by atoms with Crippen molar-refractivity contribution in [2.45, 2.75) is 25.7 Å². The lowest BCUT2D eigenvalue weighted by Crippen LogP contribution is -2.10. The lowest BCUT2D eigenvalue weighted by atomic mass is 9.95. The molecule has 3 rings (SSSR count). The Kier molecular flexibility index (Phi) is 2.37. The fourth-order valence-corrected chi connectivity index (χ4v) is 2.27. The van der Waals surface area contributed by atoms with Gasteiger partial charge < -0.3 is 0 Å². The van der Waals surface area contributed by atoms with E-state index in [1.165, 1.54) is 18.4 Å². The molecule has 2 aromatic heterocycles. The van der Waals surface area contributed by atoms with Gasteiger partial charge in [0.2, 0.25) is 0 Å². The van der Waals surface area contributed by atoms with Gasteiger partial charge in [0.05, 0.1) is 5.56 Å². The van der Waals surface area contributed by atoms with Gasteiger partial charge in [0.25, 0.3) is 0 Å². The summed E-state index contributed by atoms with van der Waals surface area (Å²) in [4.78, 5) is 4.60. The second-order valence-electron chi connectivity index (χ2n) is 4.23. The fraction of sp³-hybridized carbons (Fsp3) is 0.308. The Bertz CT molecular complexity index is 578. The van der Waals surface area contributed by atoms with E-state index >= 15 is 0 Å². The summed E-state index contributed by atoms with van der Waals surface area (Å²) in [7, 11) is 0. The molecule has 0 bridgehead atoms. The first-order valence-electron chi connectivity index (χ1n) is 5.81. The molecule has 0 fully saturated rings. The van der Waals surface area contributed by atoms with Crippen LogP contribution in [0.5, 0.6) is 0 Å². The van der Waals surface area contributed by atoms with Crippen molar-refractivity contribution in [3.05, 3.63) is 41.3 Å². The highest BCUT2D eigenvalue weighted by molar-refractivity contribution is 5.47. The van der Waals surface area contributed by atoms with Crippen LogP contribution in [0.25, 0.3) is 5.82 Å². The van der Waals surface area contributed by atoms with Gasteiger partial charge in [-0.3, -0.25) is 0 Å². The maximum Gasteiger partial charge on any atom is 0.171 e. The molecule has 2 heterocycles. The molecule has 4 heteroatoms. The SMILES string of the molecule is N#Cc1cc2c(nc1-n1cccn1)CCCC2. The van der Waals surface area contributed by atoms with Gasteiger partial charge in [0.1, 0.15) is 6.07 Å². The van der Waals surface area contributed by atoms with E-state index in [1.807, 2.05) is 18.3 Å². The maximum atomic E-state index is 9.19. The number of pyridine rings is 1. The van der Waals surface area contributed by atoms with Crippen LogP contribution in [0.4, 0.5) is 0 Å². The van der Waals surface area contributed by atoms with Crippen molar-refractivity contribution in [2.75, 3.05) is 0 Å². The molecule has 0 N–H and O–H groups in total. The monoisotopic (exact) mass is 224 g/mol. The molecule has 1 aliphatic rings. The number of aryl methyl sites for hydroxylation is 2. The maximum absolute atomic E-state index is 9.19. The number of hydrogen-bond acceptors (Lipinski definition) is 3. The highest BCUT2D eigenvalue weighted by Crippen LogP contribution is 2.23. The van der Waals surface area contributed by atoms with Gasteiger partial charge in [-0.15, -0.1) is 0 Å². The summed E-state index contributed by atoms with van der Waals surface area (Å²) in [5, 5.41) is 13.3. The van der Waals surface area contributed by atoms with E-state index in [0.717, 1.165) is 18.5 Å². The third-order valence-electron chi connectivity index (χ3n) is 3.12. The Morgan fingerprint density at radius 3 is 2.94 bits per heavy atom. The van der Waals surface area contributed by atoms with Crippen molar-refractivity contribution < 1.29 is 0 Å². The van der Waals surface area contributed by atoms with Gasteiger partial charge in [-0.2, -0.15) is 10.4 Å². The molecule has 0 radical (unpaired) electrons. The van der Waals surface area contributed by atoms with Crippen LogP contribution in [-0.2, 0) is 12.8 Å². The standard InChI is InChI=1S/C13H12N4/c14-9-11-8-10-4-1-2-5-12(10)16-13(11)17-7-3-6-15-17/h3,6-8H,1-2,4-5H2. The van der Waals surface area contributed by atoms with Gasteiger partial charge in [-0.05, 0) is 43.4 Å². The zero-order chi connectivity index (χ0) is 11.7. The number of rotatable bonds is 1. The average molecular weight is 224 g/mol. The minimum Gasteiger partial charge on any atom is -0.232 e. The van der Waals surface area contributed by atoms with E-state index in [2.05, 4.69) is 16.2 Å². The summed E-state index contributed by atoms with van der Waals surface area (Å²) in [6.45, 7) is 0. The van der Waals surface area contributed by atoms with Crippen molar-refractivity contribution in [3.8, 4) is 11.9 Å². The third-order valence-corrected chi connectivity index (χ3v) is 3.12. The highest BCUT2D eigenvalue weighted by Gasteiger charge is 2.16. The molecular weight excluding hydrogens is 212 g/mol. The molecule has 17 heavy (non-hydrogen) atoms. The molecule has 0 aromatic carbocycles. The second-order valence-corrected chi connectivity index (χ2v) is 4.23. The Balaban J connectivity index is 2.18. The van der Waals surface area contributed by atoms with Crippen molar-refractivity contribution in [1.82, 2.24) is 14.8 Å². The Hall–Kier alpha value is -2.15. The van der Waals surface area contributed by atoms with Crippen LogP contribution >= 0.6 is 0 Å². The van der Waals surface area contributed by atoms with E-state index in [1.54, 1.807) is 10.9 Å². The first-order valence-corrected chi connectivity index (χ1v) is 5.81. The number of fused-ring (bicyclic) bond motifs is 1. The molecule has 0 amide bonds. The molecule has 84 valence electrons. The Morgan fingerprint density at radius 2 is 2.18 bits per heavy atom. The molecule has 0 saturated carbocycles. The van der Waals surface area contributed by atoms with Crippen molar-refractivity contribution >= 4 is 0 Å². The minimum absolute atomic E-state index is 0.606. The van der Waals surface area contributed by atoms with Gasteiger partial charge in [-0.25, -0.2) is 9.67 Å². The zero-order valence-corrected chi connectivity index (χ0v) is 9.43. The quantitative estimate of drug-likeness (QED) is 0.744. The van der Waals surface area contributed by atoms with Crippen LogP contribution in [0.1, 0.15) is 29.7 Å². The highest BCUT2D eigenvalue weighted by atomic mass is 15.3. The van der Waals surface area contributed by atoms with Crippen molar-refractivity contribution in [3.63, 3.8) is 0 Å². The van der Waals surface area contributed by atoms with Crippen LogP contribution in [0.3, 0.4) is 0 Å². The zero-order valence-electron chi connectivity index (χ0n) is 9.43. The van der Waals surface area contributed by atoms with Crippen molar-refractivity contribution in [1.29, 1.82) is 5.26 Å². The number of nitrogens with zero attached hydrogens (tertiary/aromatic N) is 4. The average Bonchev–Trinajstić information content (AvgIpc) is 2.91. The van der Waals surface area contributed by atoms with Crippen LogP contribution in [0, 0.1) is 11.3 Å². The molecular formula is C13H12N4. The molecule has 4 nitrogen and oxygen atoms in total. The molecule has 1 aliphatic carbocycles. The molecule has 0 aliphatic heterocycles. The Morgan fingerprint density at radius 1 is 1.29 bits per heavy atom. The summed E-state index contributed by atoms with van der Waals surface area (Å²) >= 11 is 0. The first kappa shape index (κ1) is 10.0. The summed E-state index contributed by atoms with van der Waals surface area (Å²) in [6.07, 6.45) is 7.94. The van der Waals surface area contributed by atoms with Crippen molar-refractivity contribution in [2.24, 2.45) is 0 Å². The number of nitriles is 1. The number of hydrogen-bond donors (Lipinski definition) is 0. The Labute approximate surface area is 99.5 Å². The van der Waals surface area contributed by atoms with E-state index in [0.29, 0.717) is 11.4 Å². The summed E-state index contributed by atoms with van der Waals surface area (Å²) < 4.78 is 1.66. The first-order chi connectivity index (χ1) is 8.38. The largest absolute Gasteiger partial charge is 0.232 e. The van der Waals surface area contributed by atoms with Crippen LogP contribution < -0.4 is 0 Å². The lowest BCUT2D eigenvalue weighted by molar-refractivity contribution is 0.661. The van der Waals surface area contributed by atoms with E-state index in [-0.39, 0.29) is 0 Å². The van der Waals surface area contributed by atoms with Crippen LogP contribution in [-0.4, -0.2) is 14.8 Å². The summed E-state index contributed by atoms with van der Waals surface area (Å²) in [6, 6.07) is 6.02. The van der Waals surface area contributed by atoms with Gasteiger partial charge in [-0.1, -0.05) is 0 Å². The minimum atomic E-state index is 0.606. The summed E-state index contributed by atoms with van der Waals surface area (Å²) in [5.74, 6) is 0.651. The predicted octanol–water partition coefficient (Wildman–Crippen LogP) is 2.02. The molecule has 2 aromatic rings. The van der Waals surface area contributed by atoms with E-state index < -0.39 is 0 Å². The van der Waals surface area contributed by atoms with Gasteiger partial charge >= 0.3 is 0 Å². The van der Waals surface area contributed by atoms with E-state index in [4.69, 9.17) is 0 Å². The lowest BCUT2D eigenvalue weighted by Gasteiger charge is -2.16. The predicted molar refractivity (Wildman–Crippen MR) is 62.7 cm³/mol. The fourth-order valence-electron chi connectivity index (χ4n) is 2.27. The third kappa shape index (κ3) is 1.70. The van der Waals surface area contributed by atoms with Crippen LogP contribution in [0.15, 0.2) is 24.5 Å². The topological polar surface area (TPSA) is 54.5 Å². The second kappa shape index (κ2) is 4.02. The molecule has 0 unspecified atom stereocenters. The van der Waals surface area contributed by atoms with Gasteiger partial charge in [0.15, 0.2) is 5.82 Å². The molecule has 0 spiro atoms. The van der Waals surface area contributed by atoms with E-state index in [9.17, 15) is 5.26 Å². The van der Waals surface area contributed by atoms with Crippen LogP contribution in [0.2, 0.25) is 0 Å². The smallest absolute Gasteiger partial charge is 0.171 e. The summed E-state index contributed by atoms with van der Waals surface area (Å²) in [5.41, 5.74) is 2.96. The van der Waals surface area contributed by atoms with Gasteiger partial charge in [0, 0.05) is 18.1 Å². The molecule has 0 atom stereocenters. The number of aromatic nitrogens is 3.